The molecular formula is C10H13NO4. The molecule has 0 radical (unpaired) electrons. The molecule has 5 heteroatoms. The Morgan fingerprint density at radius 1 is 1.33 bits per heavy atom. The van der Waals surface area contributed by atoms with Crippen LogP contribution in [0.15, 0.2) is 18.2 Å². The zero-order valence-corrected chi connectivity index (χ0v) is 8.65. The van der Waals surface area contributed by atoms with Crippen molar-refractivity contribution in [3.05, 3.63) is 23.8 Å². The van der Waals surface area contributed by atoms with E-state index in [9.17, 15) is 4.79 Å². The van der Waals surface area contributed by atoms with Crippen molar-refractivity contribution in [1.29, 1.82) is 0 Å². The number of primary amides is 1. The summed E-state index contributed by atoms with van der Waals surface area (Å²) in [5, 5.41) is 0. The van der Waals surface area contributed by atoms with E-state index in [4.69, 9.17) is 19.9 Å². The molecule has 0 spiro atoms. The monoisotopic (exact) mass is 211 g/mol. The highest BCUT2D eigenvalue weighted by atomic mass is 16.7. The normalized spacial score (nSPS) is 9.73. The Hall–Kier alpha value is -1.75. The summed E-state index contributed by atoms with van der Waals surface area (Å²) >= 11 is 0. The van der Waals surface area contributed by atoms with E-state index in [2.05, 4.69) is 0 Å². The zero-order chi connectivity index (χ0) is 11.3. The molecule has 15 heavy (non-hydrogen) atoms. The third-order valence-corrected chi connectivity index (χ3v) is 1.78. The molecule has 0 aromatic heterocycles. The van der Waals surface area contributed by atoms with Gasteiger partial charge in [0.1, 0.15) is 0 Å². The minimum Gasteiger partial charge on any atom is -0.493 e. The lowest BCUT2D eigenvalue weighted by molar-refractivity contribution is 0.0490. The van der Waals surface area contributed by atoms with Gasteiger partial charge in [-0.1, -0.05) is 0 Å². The van der Waals surface area contributed by atoms with E-state index in [-0.39, 0.29) is 6.79 Å². The van der Waals surface area contributed by atoms with Crippen molar-refractivity contribution < 1.29 is 19.0 Å². The Balaban J connectivity index is 2.96. The van der Waals surface area contributed by atoms with Gasteiger partial charge in [0.05, 0.1) is 7.11 Å². The predicted molar refractivity (Wildman–Crippen MR) is 54.0 cm³/mol. The molecule has 0 fully saturated rings. The number of nitrogens with two attached hydrogens (primary N) is 1. The summed E-state index contributed by atoms with van der Waals surface area (Å²) in [5.41, 5.74) is 5.50. The van der Waals surface area contributed by atoms with Gasteiger partial charge in [-0.3, -0.25) is 4.79 Å². The van der Waals surface area contributed by atoms with Crippen LogP contribution in [-0.4, -0.2) is 26.9 Å². The van der Waals surface area contributed by atoms with Crippen LogP contribution in [0, 0.1) is 0 Å². The molecule has 1 amide bonds. The maximum Gasteiger partial charge on any atom is 0.248 e. The second-order valence-electron chi connectivity index (χ2n) is 2.78. The zero-order valence-electron chi connectivity index (χ0n) is 8.65. The molecule has 1 aromatic rings. The van der Waals surface area contributed by atoms with Gasteiger partial charge in [0, 0.05) is 12.7 Å². The van der Waals surface area contributed by atoms with Crippen LogP contribution in [-0.2, 0) is 4.74 Å². The molecule has 0 heterocycles. The van der Waals surface area contributed by atoms with Crippen LogP contribution in [0.4, 0.5) is 0 Å². The number of amides is 1. The first-order chi connectivity index (χ1) is 7.19. The fourth-order valence-corrected chi connectivity index (χ4v) is 1.07. The summed E-state index contributed by atoms with van der Waals surface area (Å²) in [6.07, 6.45) is 0. The second-order valence-corrected chi connectivity index (χ2v) is 2.78. The highest BCUT2D eigenvalue weighted by molar-refractivity contribution is 5.93. The summed E-state index contributed by atoms with van der Waals surface area (Å²) < 4.78 is 15.0. The van der Waals surface area contributed by atoms with Gasteiger partial charge in [-0.25, -0.2) is 0 Å². The van der Waals surface area contributed by atoms with E-state index in [0.717, 1.165) is 0 Å². The van der Waals surface area contributed by atoms with Crippen LogP contribution < -0.4 is 15.2 Å². The van der Waals surface area contributed by atoms with Gasteiger partial charge < -0.3 is 19.9 Å². The van der Waals surface area contributed by atoms with E-state index in [0.29, 0.717) is 17.1 Å². The first-order valence-corrected chi connectivity index (χ1v) is 4.28. The molecule has 0 aliphatic rings. The number of hydrogen-bond acceptors (Lipinski definition) is 4. The average Bonchev–Trinajstić information content (AvgIpc) is 2.25. The Kier molecular flexibility index (Phi) is 3.93. The third-order valence-electron chi connectivity index (χ3n) is 1.78. The van der Waals surface area contributed by atoms with Crippen molar-refractivity contribution in [2.24, 2.45) is 5.73 Å². The second kappa shape index (κ2) is 5.21. The lowest BCUT2D eigenvalue weighted by atomic mass is 10.2. The number of methoxy groups -OCH3 is 2. The summed E-state index contributed by atoms with van der Waals surface area (Å²) in [4.78, 5) is 10.9. The van der Waals surface area contributed by atoms with Crippen LogP contribution in [0.25, 0.3) is 0 Å². The minimum absolute atomic E-state index is 0.0819. The fraction of sp³-hybridized carbons (Fsp3) is 0.300. The molecule has 0 saturated heterocycles. The van der Waals surface area contributed by atoms with Gasteiger partial charge >= 0.3 is 0 Å². The largest absolute Gasteiger partial charge is 0.493 e. The van der Waals surface area contributed by atoms with Gasteiger partial charge in [-0.2, -0.15) is 0 Å². The molecule has 0 saturated carbocycles. The van der Waals surface area contributed by atoms with Crippen molar-refractivity contribution in [3.8, 4) is 11.5 Å². The van der Waals surface area contributed by atoms with Crippen molar-refractivity contribution in [1.82, 2.24) is 0 Å². The van der Waals surface area contributed by atoms with Crippen LogP contribution in [0.1, 0.15) is 10.4 Å². The van der Waals surface area contributed by atoms with Crippen LogP contribution in [0.2, 0.25) is 0 Å². The number of carbonyl (C=O) groups is 1. The average molecular weight is 211 g/mol. The maximum atomic E-state index is 10.9. The predicted octanol–water partition coefficient (Wildman–Crippen LogP) is 0.777. The minimum atomic E-state index is -0.514. The van der Waals surface area contributed by atoms with E-state index in [1.54, 1.807) is 12.1 Å². The number of hydrogen-bond donors (Lipinski definition) is 1. The standard InChI is InChI=1S/C10H13NO4/c1-13-6-15-9-5-7(10(11)12)3-4-8(9)14-2/h3-5H,6H2,1-2H3,(H2,11,12). The van der Waals surface area contributed by atoms with Gasteiger partial charge in [0.2, 0.25) is 5.91 Å². The SMILES string of the molecule is COCOc1cc(C(N)=O)ccc1OC. The van der Waals surface area contributed by atoms with Gasteiger partial charge in [0.25, 0.3) is 0 Å². The molecule has 0 bridgehead atoms. The van der Waals surface area contributed by atoms with Crippen LogP contribution in [0.5, 0.6) is 11.5 Å². The topological polar surface area (TPSA) is 70.8 Å². The van der Waals surface area contributed by atoms with Gasteiger partial charge in [0.15, 0.2) is 18.3 Å². The first-order valence-electron chi connectivity index (χ1n) is 4.28. The van der Waals surface area contributed by atoms with Crippen molar-refractivity contribution in [3.63, 3.8) is 0 Å². The Morgan fingerprint density at radius 2 is 2.07 bits per heavy atom. The summed E-state index contributed by atoms with van der Waals surface area (Å²) in [7, 11) is 3.02. The number of benzene rings is 1. The third kappa shape index (κ3) is 2.85. The lowest BCUT2D eigenvalue weighted by Crippen LogP contribution is -2.11. The van der Waals surface area contributed by atoms with E-state index in [1.165, 1.54) is 20.3 Å². The van der Waals surface area contributed by atoms with Crippen LogP contribution >= 0.6 is 0 Å². The Bertz CT molecular complexity index is 351. The van der Waals surface area contributed by atoms with E-state index in [1.807, 2.05) is 0 Å². The molecule has 2 N–H and O–H groups in total. The van der Waals surface area contributed by atoms with Crippen molar-refractivity contribution >= 4 is 5.91 Å². The molecule has 0 atom stereocenters. The smallest absolute Gasteiger partial charge is 0.248 e. The highest BCUT2D eigenvalue weighted by Crippen LogP contribution is 2.27. The Morgan fingerprint density at radius 3 is 2.60 bits per heavy atom. The molecule has 0 aliphatic heterocycles. The fourth-order valence-electron chi connectivity index (χ4n) is 1.07. The van der Waals surface area contributed by atoms with Gasteiger partial charge in [-0.15, -0.1) is 0 Å². The molecule has 82 valence electrons. The quantitative estimate of drug-likeness (QED) is 0.730. The molecule has 1 aromatic carbocycles. The maximum absolute atomic E-state index is 10.9. The number of carbonyl (C=O) groups excluding carboxylic acids is 1. The number of ether oxygens (including phenoxy) is 3. The Labute approximate surface area is 87.7 Å². The number of rotatable bonds is 5. The van der Waals surface area contributed by atoms with Gasteiger partial charge in [-0.05, 0) is 18.2 Å². The lowest BCUT2D eigenvalue weighted by Gasteiger charge is -2.10. The molecule has 1 rings (SSSR count). The molecule has 0 aliphatic carbocycles. The molecule has 5 nitrogen and oxygen atoms in total. The van der Waals surface area contributed by atoms with Crippen LogP contribution in [0.3, 0.4) is 0 Å². The van der Waals surface area contributed by atoms with E-state index < -0.39 is 5.91 Å². The molecular weight excluding hydrogens is 198 g/mol. The van der Waals surface area contributed by atoms with E-state index >= 15 is 0 Å². The summed E-state index contributed by atoms with van der Waals surface area (Å²) in [6.45, 7) is 0.0819. The summed E-state index contributed by atoms with van der Waals surface area (Å²) in [5.74, 6) is 0.438. The molecule has 0 unspecified atom stereocenters. The highest BCUT2D eigenvalue weighted by Gasteiger charge is 2.08. The van der Waals surface area contributed by atoms with Crippen molar-refractivity contribution in [2.75, 3.05) is 21.0 Å². The first kappa shape index (κ1) is 11.3. The summed E-state index contributed by atoms with van der Waals surface area (Å²) in [6, 6.07) is 4.70. The van der Waals surface area contributed by atoms with Crippen molar-refractivity contribution in [2.45, 2.75) is 0 Å².